The summed E-state index contributed by atoms with van der Waals surface area (Å²) in [6.07, 6.45) is -4.50. The number of thioether (sulfide) groups is 1. The van der Waals surface area contributed by atoms with Gasteiger partial charge in [-0.2, -0.15) is 13.2 Å². The molecule has 0 saturated carbocycles. The summed E-state index contributed by atoms with van der Waals surface area (Å²) in [4.78, 5) is 25.7. The van der Waals surface area contributed by atoms with E-state index in [2.05, 4.69) is 38.2 Å². The van der Waals surface area contributed by atoms with Crippen LogP contribution in [0.2, 0.25) is 0 Å². The molecule has 1 heterocycles. The van der Waals surface area contributed by atoms with Crippen molar-refractivity contribution in [3.05, 3.63) is 75.0 Å². The van der Waals surface area contributed by atoms with Gasteiger partial charge in [0.05, 0.1) is 16.9 Å². The summed E-state index contributed by atoms with van der Waals surface area (Å²) < 4.78 is 38.9. The summed E-state index contributed by atoms with van der Waals surface area (Å²) in [5.41, 5.74) is 2.79. The van der Waals surface area contributed by atoms with Crippen LogP contribution in [0.5, 0.6) is 0 Å². The highest BCUT2D eigenvalue weighted by atomic mass is 32.2. The maximum absolute atomic E-state index is 13.0. The fourth-order valence-corrected chi connectivity index (χ4v) is 6.81. The average Bonchev–Trinajstić information content (AvgIpc) is 3.25. The number of thiophene rings is 1. The highest BCUT2D eigenvalue weighted by Crippen LogP contribution is 2.50. The maximum atomic E-state index is 13.0. The zero-order valence-corrected chi connectivity index (χ0v) is 23.0. The molecule has 3 rings (SSSR count). The second-order valence-electron chi connectivity index (χ2n) is 9.97. The molecule has 0 bridgehead atoms. The number of nitrogens with one attached hydrogen (secondary N) is 1. The number of aryl methyl sites for hydroxylation is 2. The van der Waals surface area contributed by atoms with Crippen LogP contribution < -0.4 is 5.32 Å². The minimum absolute atomic E-state index is 0.0359. The Morgan fingerprint density at radius 1 is 1.00 bits per heavy atom. The Morgan fingerprint density at radius 2 is 1.59 bits per heavy atom. The molecular weight excluding hydrogens is 519 g/mol. The van der Waals surface area contributed by atoms with Gasteiger partial charge in [0.25, 0.3) is 5.91 Å². The van der Waals surface area contributed by atoms with Crippen molar-refractivity contribution in [3.8, 4) is 11.1 Å². The number of hydrogen-bond acceptors (Lipinski definition) is 4. The first-order valence-electron chi connectivity index (χ1n) is 11.7. The van der Waals surface area contributed by atoms with E-state index in [9.17, 15) is 22.8 Å². The molecule has 0 aliphatic rings. The van der Waals surface area contributed by atoms with Gasteiger partial charge in [0.15, 0.2) is 0 Å². The first-order chi connectivity index (χ1) is 17.2. The summed E-state index contributed by atoms with van der Waals surface area (Å²) in [6, 6.07) is 13.1. The van der Waals surface area contributed by atoms with Crippen molar-refractivity contribution in [1.82, 2.24) is 5.32 Å². The molecule has 4 nitrogen and oxygen atoms in total. The van der Waals surface area contributed by atoms with E-state index in [4.69, 9.17) is 5.11 Å². The predicted octanol–water partition coefficient (Wildman–Crippen LogP) is 8.13. The minimum Gasteiger partial charge on any atom is -0.481 e. The zero-order chi connectivity index (χ0) is 27.5. The number of carbonyl (C=O) groups excluding carboxylic acids is 1. The number of alkyl halides is 3. The number of carboxylic acid groups (broad SMARTS) is 1. The SMILES string of the molecule is Cc1cc(SC(c2ccc(C(=O)NCCC(=O)O)s2)C(C)(C)C)cc(C)c1-c1ccc(C(F)(F)F)cc1. The summed E-state index contributed by atoms with van der Waals surface area (Å²) >= 11 is 3.08. The van der Waals surface area contributed by atoms with Crippen molar-refractivity contribution in [3.63, 3.8) is 0 Å². The second kappa shape index (κ2) is 11.3. The van der Waals surface area contributed by atoms with Crippen LogP contribution in [0.3, 0.4) is 0 Å². The second-order valence-corrected chi connectivity index (χ2v) is 12.3. The van der Waals surface area contributed by atoms with Crippen molar-refractivity contribution in [2.75, 3.05) is 6.54 Å². The summed E-state index contributed by atoms with van der Waals surface area (Å²) in [5, 5.41) is 11.4. The van der Waals surface area contributed by atoms with E-state index in [1.807, 2.05) is 19.9 Å². The van der Waals surface area contributed by atoms with Crippen molar-refractivity contribution >= 4 is 35.0 Å². The Kier molecular flexibility index (Phi) is 8.80. The van der Waals surface area contributed by atoms with Gasteiger partial charge in [-0.1, -0.05) is 32.9 Å². The molecule has 2 N–H and O–H groups in total. The topological polar surface area (TPSA) is 66.4 Å². The Labute approximate surface area is 223 Å². The van der Waals surface area contributed by atoms with Gasteiger partial charge in [-0.05, 0) is 77.9 Å². The lowest BCUT2D eigenvalue weighted by Crippen LogP contribution is -2.25. The fraction of sp³-hybridized carbons (Fsp3) is 0.357. The molecule has 2 aromatic carbocycles. The van der Waals surface area contributed by atoms with E-state index in [-0.39, 0.29) is 29.5 Å². The van der Waals surface area contributed by atoms with Crippen LogP contribution in [-0.2, 0) is 11.0 Å². The number of carbonyl (C=O) groups is 2. The molecule has 1 atom stereocenters. The lowest BCUT2D eigenvalue weighted by molar-refractivity contribution is -0.138. The monoisotopic (exact) mass is 549 g/mol. The average molecular weight is 550 g/mol. The van der Waals surface area contributed by atoms with Crippen LogP contribution in [0.1, 0.15) is 63.7 Å². The lowest BCUT2D eigenvalue weighted by Gasteiger charge is -2.30. The highest BCUT2D eigenvalue weighted by molar-refractivity contribution is 7.99. The van der Waals surface area contributed by atoms with Gasteiger partial charge in [0.2, 0.25) is 0 Å². The van der Waals surface area contributed by atoms with Crippen LogP contribution in [-0.4, -0.2) is 23.5 Å². The molecule has 3 aromatic rings. The Hall–Kier alpha value is -2.78. The molecule has 1 amide bonds. The molecule has 9 heteroatoms. The van der Waals surface area contributed by atoms with Crippen LogP contribution in [0, 0.1) is 19.3 Å². The molecule has 0 fully saturated rings. The third kappa shape index (κ3) is 7.38. The molecule has 0 saturated heterocycles. The normalized spacial score (nSPS) is 12.9. The van der Waals surface area contributed by atoms with Gasteiger partial charge in [-0.15, -0.1) is 23.1 Å². The van der Waals surface area contributed by atoms with E-state index >= 15 is 0 Å². The number of amides is 1. The van der Waals surface area contributed by atoms with E-state index in [0.29, 0.717) is 4.88 Å². The van der Waals surface area contributed by atoms with Crippen molar-refractivity contribution in [1.29, 1.82) is 0 Å². The van der Waals surface area contributed by atoms with E-state index in [1.165, 1.54) is 23.5 Å². The number of rotatable bonds is 8. The van der Waals surface area contributed by atoms with E-state index < -0.39 is 17.7 Å². The third-order valence-corrected chi connectivity index (χ3v) is 8.78. The molecule has 0 spiro atoms. The smallest absolute Gasteiger partial charge is 0.416 e. The van der Waals surface area contributed by atoms with Gasteiger partial charge in [-0.3, -0.25) is 9.59 Å². The Morgan fingerprint density at radius 3 is 2.11 bits per heavy atom. The third-order valence-electron chi connectivity index (χ3n) is 5.78. The van der Waals surface area contributed by atoms with E-state index in [0.717, 1.165) is 44.2 Å². The maximum Gasteiger partial charge on any atom is 0.416 e. The first-order valence-corrected chi connectivity index (χ1v) is 13.4. The fourth-order valence-electron chi connectivity index (χ4n) is 4.06. The van der Waals surface area contributed by atoms with Crippen molar-refractivity contribution < 1.29 is 27.9 Å². The molecule has 1 aromatic heterocycles. The number of hydrogen-bond donors (Lipinski definition) is 2. The summed E-state index contributed by atoms with van der Waals surface area (Å²) in [6.45, 7) is 10.4. The zero-order valence-electron chi connectivity index (χ0n) is 21.3. The molecule has 0 aliphatic heterocycles. The van der Waals surface area contributed by atoms with Gasteiger partial charge in [-0.25, -0.2) is 0 Å². The summed E-state index contributed by atoms with van der Waals surface area (Å²) in [5.74, 6) is -1.26. The first kappa shape index (κ1) is 28.8. The molecule has 37 heavy (non-hydrogen) atoms. The highest BCUT2D eigenvalue weighted by Gasteiger charge is 2.31. The van der Waals surface area contributed by atoms with Gasteiger partial charge in [0, 0.05) is 21.6 Å². The molecule has 0 radical (unpaired) electrons. The molecule has 0 aliphatic carbocycles. The van der Waals surface area contributed by atoms with Gasteiger partial charge >= 0.3 is 12.1 Å². The van der Waals surface area contributed by atoms with Crippen LogP contribution in [0.15, 0.2) is 53.4 Å². The lowest BCUT2D eigenvalue weighted by atomic mass is 9.91. The largest absolute Gasteiger partial charge is 0.481 e. The Bertz CT molecular complexity index is 1250. The Balaban J connectivity index is 1.84. The number of aliphatic carboxylic acids is 1. The molecule has 1 unspecified atom stereocenters. The predicted molar refractivity (Wildman–Crippen MR) is 143 cm³/mol. The standard InChI is InChI=1S/C28H30F3NO3S2/c1-16-14-20(15-17(2)24(16)18-6-8-19(9-7-18)28(29,30)31)36-25(27(3,4)5)21-10-11-22(37-21)26(35)32-13-12-23(33)34/h6-11,14-15,25H,12-13H2,1-5H3,(H,32,35)(H,33,34). The number of halogens is 3. The number of benzene rings is 2. The molecule has 198 valence electrons. The minimum atomic E-state index is -4.37. The van der Waals surface area contributed by atoms with Crippen molar-refractivity contribution in [2.24, 2.45) is 5.41 Å². The van der Waals surface area contributed by atoms with Crippen LogP contribution in [0.4, 0.5) is 13.2 Å². The van der Waals surface area contributed by atoms with Gasteiger partial charge in [0.1, 0.15) is 0 Å². The molecular formula is C28H30F3NO3S2. The van der Waals surface area contributed by atoms with Gasteiger partial charge < -0.3 is 10.4 Å². The summed E-state index contributed by atoms with van der Waals surface area (Å²) in [7, 11) is 0. The van der Waals surface area contributed by atoms with Crippen LogP contribution in [0.25, 0.3) is 11.1 Å². The quantitative estimate of drug-likeness (QED) is 0.278. The number of carboxylic acids is 1. The van der Waals surface area contributed by atoms with Crippen LogP contribution >= 0.6 is 23.1 Å². The van der Waals surface area contributed by atoms with E-state index in [1.54, 1.807) is 17.8 Å². The van der Waals surface area contributed by atoms with Crippen molar-refractivity contribution in [2.45, 2.75) is 57.4 Å².